The molecule has 0 aliphatic carbocycles. The topological polar surface area (TPSA) is 85.7 Å². The van der Waals surface area contributed by atoms with E-state index in [0.29, 0.717) is 17.0 Å². The summed E-state index contributed by atoms with van der Waals surface area (Å²) in [5, 5.41) is 3.77. The molecule has 3 rings (SSSR count). The summed E-state index contributed by atoms with van der Waals surface area (Å²) in [7, 11) is 1.53. The molecule has 3 aromatic heterocycles. The maximum atomic E-state index is 5.00. The smallest absolute Gasteiger partial charge is 0.316 e. The summed E-state index contributed by atoms with van der Waals surface area (Å²) >= 11 is 1.45. The van der Waals surface area contributed by atoms with Crippen LogP contribution in [0, 0.1) is 49.2 Å². The van der Waals surface area contributed by atoms with Crippen LogP contribution in [0.2, 0.25) is 0 Å². The number of hydrogen-bond donors (Lipinski definition) is 1. The summed E-state index contributed by atoms with van der Waals surface area (Å²) in [5.41, 5.74) is 0.759. The van der Waals surface area contributed by atoms with Gasteiger partial charge in [-0.1, -0.05) is 17.5 Å². The molecule has 0 saturated heterocycles. The minimum Gasteiger partial charge on any atom is -0.467 e. The Morgan fingerprint density at radius 3 is 2.82 bits per heavy atom. The summed E-state index contributed by atoms with van der Waals surface area (Å²) in [4.78, 5) is 21.3. The van der Waals surface area contributed by atoms with Gasteiger partial charge in [-0.25, -0.2) is 9.97 Å². The molecule has 0 spiro atoms. The van der Waals surface area contributed by atoms with Crippen LogP contribution in [0.25, 0.3) is 10.6 Å². The van der Waals surface area contributed by atoms with E-state index in [9.17, 15) is 0 Å². The van der Waals surface area contributed by atoms with E-state index in [2.05, 4.69) is 36.4 Å². The third-order valence-electron chi connectivity index (χ3n) is 2.33. The Morgan fingerprint density at radius 1 is 1.23 bits per heavy atom. The second-order valence-electron chi connectivity index (χ2n) is 3.61. The zero-order valence-electron chi connectivity index (χ0n) is 12.0. The van der Waals surface area contributed by atoms with E-state index in [4.69, 9.17) is 4.74 Å². The number of anilines is 2. The van der Waals surface area contributed by atoms with Crippen molar-refractivity contribution in [3.8, 4) is 16.6 Å². The van der Waals surface area contributed by atoms with Gasteiger partial charge in [-0.15, -0.1) is 6.20 Å². The van der Waals surface area contributed by atoms with E-state index in [1.165, 1.54) is 24.6 Å². The van der Waals surface area contributed by atoms with Gasteiger partial charge in [-0.3, -0.25) is 4.98 Å². The van der Waals surface area contributed by atoms with Crippen molar-refractivity contribution < 1.29 is 40.3 Å². The number of thiazole rings is 1. The van der Waals surface area contributed by atoms with E-state index in [-0.39, 0.29) is 43.0 Å². The molecule has 0 saturated carbocycles. The number of aromatic nitrogens is 5. The van der Waals surface area contributed by atoms with E-state index >= 15 is 0 Å². The fourth-order valence-corrected chi connectivity index (χ4v) is 2.26. The predicted octanol–water partition coefficient (Wildman–Crippen LogP) is 2.39. The van der Waals surface area contributed by atoms with Crippen LogP contribution in [-0.2, 0) is 0 Å². The third-order valence-corrected chi connectivity index (χ3v) is 3.27. The van der Waals surface area contributed by atoms with Crippen molar-refractivity contribution in [1.82, 2.24) is 24.9 Å². The molecule has 0 aliphatic rings. The Labute approximate surface area is 160 Å². The molecule has 0 fully saturated rings. The first kappa shape index (κ1) is 18.6. The van der Waals surface area contributed by atoms with Crippen LogP contribution in [0.3, 0.4) is 0 Å². The van der Waals surface area contributed by atoms with Crippen LogP contribution in [0.4, 0.5) is 10.9 Å². The van der Waals surface area contributed by atoms with Gasteiger partial charge in [0.25, 0.3) is 0 Å². The number of nitrogens with one attached hydrogen (secondary N) is 1. The van der Waals surface area contributed by atoms with Gasteiger partial charge in [0.15, 0.2) is 5.13 Å². The molecule has 0 atom stereocenters. The second kappa shape index (κ2) is 8.89. The molecule has 111 valence electrons. The molecule has 0 amide bonds. The molecule has 3 heterocycles. The van der Waals surface area contributed by atoms with Crippen molar-refractivity contribution in [3.63, 3.8) is 0 Å². The molecule has 0 aliphatic heterocycles. The van der Waals surface area contributed by atoms with E-state index in [1.54, 1.807) is 24.7 Å². The predicted molar refractivity (Wildman–Crippen MR) is 80.3 cm³/mol. The van der Waals surface area contributed by atoms with Gasteiger partial charge in [0.05, 0.1) is 23.5 Å². The van der Waals surface area contributed by atoms with E-state index < -0.39 is 0 Å². The molecule has 0 unspecified atom stereocenters. The number of hydrogen-bond acceptors (Lipinski definition) is 8. The number of ether oxygens (including phenoxy) is 1. The maximum Gasteiger partial charge on any atom is 0.316 e. The van der Waals surface area contributed by atoms with Crippen molar-refractivity contribution in [3.05, 3.63) is 44.5 Å². The Bertz CT molecular complexity index is 709. The third kappa shape index (κ3) is 4.54. The van der Waals surface area contributed by atoms with Gasteiger partial charge in [-0.05, 0) is 12.3 Å². The summed E-state index contributed by atoms with van der Waals surface area (Å²) in [6.45, 7) is 0. The Hall–Kier alpha value is -1.42. The normalized spacial score (nSPS) is 9.32. The molecule has 9 heteroatoms. The Balaban J connectivity index is 0.00000121. The van der Waals surface area contributed by atoms with Crippen LogP contribution < -0.4 is 10.1 Å². The molecule has 1 N–H and O–H groups in total. The summed E-state index contributed by atoms with van der Waals surface area (Å²) in [6.07, 6.45) is 9.06. The maximum absolute atomic E-state index is 5.00. The quantitative estimate of drug-likeness (QED) is 0.625. The minimum atomic E-state index is 0. The summed E-state index contributed by atoms with van der Waals surface area (Å²) in [5.74, 6) is 0.616. The Morgan fingerprint density at radius 2 is 2.09 bits per heavy atom. The zero-order chi connectivity index (χ0) is 13.8. The van der Waals surface area contributed by atoms with Gasteiger partial charge in [0, 0.05) is 48.0 Å². The van der Waals surface area contributed by atoms with Crippen LogP contribution in [-0.4, -0.2) is 32.0 Å². The molecule has 0 aromatic carbocycles. The number of rotatable bonds is 4. The van der Waals surface area contributed by atoms with Gasteiger partial charge in [-0.2, -0.15) is 4.98 Å². The standard InChI is InChI=1S/C12H9N6OS.CH3.La/c1-19-11-15-3-2-8(17-11)9-6-16-12(20-9)18-10-7-13-4-5-14-10;;/h2-3,5-7H,1H3,(H,14,16,18);1H3;/q2*-1;. The fourth-order valence-electron chi connectivity index (χ4n) is 1.46. The van der Waals surface area contributed by atoms with E-state index in [1.807, 2.05) is 0 Å². The van der Waals surface area contributed by atoms with Gasteiger partial charge in [0.1, 0.15) is 0 Å². The van der Waals surface area contributed by atoms with Crippen molar-refractivity contribution in [2.45, 2.75) is 0 Å². The van der Waals surface area contributed by atoms with Crippen molar-refractivity contribution in [2.24, 2.45) is 0 Å². The van der Waals surface area contributed by atoms with Crippen LogP contribution >= 0.6 is 11.3 Å². The molecular formula is C13H12LaN6OS-2. The molecule has 22 heavy (non-hydrogen) atoms. The SMILES string of the molecule is COc1nccc(-c2cnc(Nc3cn[c-]cn3)s2)n1.[CH3-].[La]. The zero-order valence-corrected chi connectivity index (χ0v) is 16.5. The van der Waals surface area contributed by atoms with Gasteiger partial charge in [0.2, 0.25) is 0 Å². The first-order chi connectivity index (χ1) is 9.85. The summed E-state index contributed by atoms with van der Waals surface area (Å²) in [6, 6.07) is 2.13. The minimum absolute atomic E-state index is 0. The number of methoxy groups -OCH3 is 1. The molecule has 3 aromatic rings. The molecule has 0 bridgehead atoms. The van der Waals surface area contributed by atoms with Crippen molar-refractivity contribution in [1.29, 1.82) is 0 Å². The van der Waals surface area contributed by atoms with Gasteiger partial charge >= 0.3 is 6.01 Å². The first-order valence-electron chi connectivity index (χ1n) is 5.63. The molecule has 7 nitrogen and oxygen atoms in total. The average molecular weight is 439 g/mol. The van der Waals surface area contributed by atoms with Crippen molar-refractivity contribution in [2.75, 3.05) is 12.4 Å². The van der Waals surface area contributed by atoms with E-state index in [0.717, 1.165) is 10.6 Å². The van der Waals surface area contributed by atoms with Crippen LogP contribution in [0.1, 0.15) is 0 Å². The Kier molecular flexibility index (Phi) is 7.53. The monoisotopic (exact) mass is 439 g/mol. The second-order valence-corrected chi connectivity index (χ2v) is 4.64. The molecule has 1 radical (unpaired) electrons. The van der Waals surface area contributed by atoms with Crippen LogP contribution in [0.5, 0.6) is 6.01 Å². The first-order valence-corrected chi connectivity index (χ1v) is 6.45. The van der Waals surface area contributed by atoms with Gasteiger partial charge < -0.3 is 22.5 Å². The average Bonchev–Trinajstić information content (AvgIpc) is 2.97. The number of nitrogens with zero attached hydrogens (tertiary/aromatic N) is 5. The molecular weight excluding hydrogens is 427 g/mol. The van der Waals surface area contributed by atoms with Crippen LogP contribution in [0.15, 0.2) is 30.9 Å². The largest absolute Gasteiger partial charge is 0.467 e. The summed E-state index contributed by atoms with van der Waals surface area (Å²) < 4.78 is 5.00. The van der Waals surface area contributed by atoms with Crippen molar-refractivity contribution >= 4 is 22.3 Å². The fraction of sp³-hybridized carbons (Fsp3) is 0.0769.